The van der Waals surface area contributed by atoms with Crippen LogP contribution < -0.4 is 15.6 Å². The van der Waals surface area contributed by atoms with Gasteiger partial charge in [-0.2, -0.15) is 18.0 Å². The number of hydrogen-bond donors (Lipinski definition) is 2. The summed E-state index contributed by atoms with van der Waals surface area (Å²) in [5.74, 6) is -1.44. The van der Waals surface area contributed by atoms with E-state index in [4.69, 9.17) is 4.74 Å². The summed E-state index contributed by atoms with van der Waals surface area (Å²) in [6.45, 7) is -0.391. The zero-order valence-electron chi connectivity index (χ0n) is 18.6. The van der Waals surface area contributed by atoms with Crippen molar-refractivity contribution in [2.75, 3.05) is 6.61 Å². The summed E-state index contributed by atoms with van der Waals surface area (Å²) >= 11 is 0. The maximum Gasteiger partial charge on any atom is 0.419 e. The van der Waals surface area contributed by atoms with Crippen LogP contribution >= 0.6 is 0 Å². The number of carbonyl (C=O) groups excluding carboxylic acids is 2. The fourth-order valence-electron chi connectivity index (χ4n) is 3.14. The number of halogens is 3. The van der Waals surface area contributed by atoms with E-state index in [1.54, 1.807) is 24.3 Å². The van der Waals surface area contributed by atoms with Crippen LogP contribution in [0.25, 0.3) is 11.4 Å². The number of alkyl halides is 3. The van der Waals surface area contributed by atoms with E-state index in [1.807, 2.05) is 30.3 Å². The van der Waals surface area contributed by atoms with Crippen molar-refractivity contribution >= 4 is 11.8 Å². The van der Waals surface area contributed by atoms with Crippen LogP contribution in [0.1, 0.15) is 21.5 Å². The third kappa shape index (κ3) is 6.23. The Balaban J connectivity index is 1.27. The summed E-state index contributed by atoms with van der Waals surface area (Å²) in [7, 11) is 0. The number of para-hydroxylation sites is 1. The van der Waals surface area contributed by atoms with Gasteiger partial charge in [-0.15, -0.1) is 10.2 Å². The smallest absolute Gasteiger partial charge is 0.419 e. The average molecular weight is 496 g/mol. The first-order valence-corrected chi connectivity index (χ1v) is 10.6. The van der Waals surface area contributed by atoms with E-state index in [1.165, 1.54) is 16.9 Å². The third-order valence-corrected chi connectivity index (χ3v) is 4.89. The first-order chi connectivity index (χ1) is 17.3. The molecule has 0 radical (unpaired) electrons. The van der Waals surface area contributed by atoms with Crippen LogP contribution in [0.4, 0.5) is 13.2 Å². The predicted octanol–water partition coefficient (Wildman–Crippen LogP) is 3.25. The number of rotatable bonds is 7. The molecule has 4 rings (SSSR count). The molecule has 0 unspecified atom stereocenters. The molecule has 0 atom stereocenters. The standard InChI is InChI=1S/C24H19F3N6O3/c25-24(26,27)19-8-4-5-9-20(19)36-15-21(34)28-30-23(35)18-12-10-16(11-13-18)14-33-31-22(29-32-33)17-6-2-1-3-7-17/h1-13H,14-15H2,(H,28,34)(H,30,35). The quantitative estimate of drug-likeness (QED) is 0.380. The first-order valence-electron chi connectivity index (χ1n) is 10.6. The van der Waals surface area contributed by atoms with Gasteiger partial charge in [0.25, 0.3) is 11.8 Å². The lowest BCUT2D eigenvalue weighted by Gasteiger charge is -2.13. The van der Waals surface area contributed by atoms with Crippen LogP contribution in [0.3, 0.4) is 0 Å². The average Bonchev–Trinajstić information content (AvgIpc) is 3.35. The molecule has 0 fully saturated rings. The molecule has 2 N–H and O–H groups in total. The van der Waals surface area contributed by atoms with Crippen molar-refractivity contribution in [3.05, 3.63) is 95.6 Å². The highest BCUT2D eigenvalue weighted by Crippen LogP contribution is 2.35. The molecule has 0 spiro atoms. The SMILES string of the molecule is O=C(COc1ccccc1C(F)(F)F)NNC(=O)c1ccc(Cn2nnc(-c3ccccc3)n2)cc1. The monoisotopic (exact) mass is 496 g/mol. The fourth-order valence-corrected chi connectivity index (χ4v) is 3.14. The third-order valence-electron chi connectivity index (χ3n) is 4.89. The fraction of sp³-hybridized carbons (Fsp3) is 0.125. The van der Waals surface area contributed by atoms with E-state index >= 15 is 0 Å². The number of nitrogens with zero attached hydrogens (tertiary/aromatic N) is 4. The van der Waals surface area contributed by atoms with Gasteiger partial charge in [0.2, 0.25) is 5.82 Å². The number of aromatic nitrogens is 4. The van der Waals surface area contributed by atoms with Gasteiger partial charge in [-0.3, -0.25) is 20.4 Å². The van der Waals surface area contributed by atoms with Crippen LogP contribution in [0.2, 0.25) is 0 Å². The van der Waals surface area contributed by atoms with Gasteiger partial charge in [0.1, 0.15) is 5.75 Å². The van der Waals surface area contributed by atoms with E-state index in [9.17, 15) is 22.8 Å². The van der Waals surface area contributed by atoms with Crippen LogP contribution in [0, 0.1) is 0 Å². The minimum atomic E-state index is -4.62. The van der Waals surface area contributed by atoms with Gasteiger partial charge in [-0.25, -0.2) is 0 Å². The molecule has 0 aliphatic rings. The van der Waals surface area contributed by atoms with Crippen molar-refractivity contribution in [3.63, 3.8) is 0 Å². The highest BCUT2D eigenvalue weighted by Gasteiger charge is 2.34. The highest BCUT2D eigenvalue weighted by atomic mass is 19.4. The van der Waals surface area contributed by atoms with Gasteiger partial charge in [-0.1, -0.05) is 54.6 Å². The van der Waals surface area contributed by atoms with Gasteiger partial charge in [0.05, 0.1) is 12.1 Å². The van der Waals surface area contributed by atoms with E-state index in [2.05, 4.69) is 26.3 Å². The lowest BCUT2D eigenvalue weighted by atomic mass is 10.1. The number of ether oxygens (including phenoxy) is 1. The number of hydrazine groups is 1. The van der Waals surface area contributed by atoms with Gasteiger partial charge in [0, 0.05) is 11.1 Å². The number of hydrogen-bond acceptors (Lipinski definition) is 6. The molecule has 36 heavy (non-hydrogen) atoms. The molecule has 2 amide bonds. The Labute approximate surface area is 202 Å². The molecule has 0 saturated carbocycles. The van der Waals surface area contributed by atoms with E-state index < -0.39 is 35.9 Å². The number of carbonyl (C=O) groups is 2. The second-order valence-corrected chi connectivity index (χ2v) is 7.49. The molecule has 12 heteroatoms. The topological polar surface area (TPSA) is 111 Å². The minimum Gasteiger partial charge on any atom is -0.483 e. The molecule has 9 nitrogen and oxygen atoms in total. The Bertz CT molecular complexity index is 1340. The van der Waals surface area contributed by atoms with Crippen molar-refractivity contribution < 1.29 is 27.5 Å². The van der Waals surface area contributed by atoms with E-state index in [0.717, 1.165) is 23.3 Å². The Morgan fingerprint density at radius 2 is 1.58 bits per heavy atom. The normalized spacial score (nSPS) is 11.1. The second-order valence-electron chi connectivity index (χ2n) is 7.49. The summed E-state index contributed by atoms with van der Waals surface area (Å²) in [4.78, 5) is 25.6. The summed E-state index contributed by atoms with van der Waals surface area (Å²) in [6.07, 6.45) is -4.62. The molecule has 0 saturated heterocycles. The molecule has 184 valence electrons. The van der Waals surface area contributed by atoms with Gasteiger partial charge >= 0.3 is 6.18 Å². The van der Waals surface area contributed by atoms with Gasteiger partial charge in [0.15, 0.2) is 6.61 Å². The Hall–Kier alpha value is -4.74. The zero-order valence-corrected chi connectivity index (χ0v) is 18.6. The Kier molecular flexibility index (Phi) is 7.23. The van der Waals surface area contributed by atoms with Crippen molar-refractivity contribution in [1.29, 1.82) is 0 Å². The number of nitrogens with one attached hydrogen (secondary N) is 2. The number of amides is 2. The molecule has 3 aromatic carbocycles. The zero-order chi connectivity index (χ0) is 25.5. The maximum absolute atomic E-state index is 13.0. The molecular formula is C24H19F3N6O3. The molecule has 0 aliphatic heterocycles. The lowest BCUT2D eigenvalue weighted by molar-refractivity contribution is -0.139. The van der Waals surface area contributed by atoms with Crippen molar-refractivity contribution in [2.45, 2.75) is 12.7 Å². The van der Waals surface area contributed by atoms with E-state index in [-0.39, 0.29) is 5.56 Å². The predicted molar refractivity (Wildman–Crippen MR) is 121 cm³/mol. The van der Waals surface area contributed by atoms with Crippen LogP contribution in [0.15, 0.2) is 78.9 Å². The van der Waals surface area contributed by atoms with Gasteiger partial charge < -0.3 is 4.74 Å². The molecule has 0 bridgehead atoms. The number of benzene rings is 3. The van der Waals surface area contributed by atoms with Gasteiger partial charge in [-0.05, 0) is 35.0 Å². The number of tetrazole rings is 1. The second kappa shape index (κ2) is 10.7. The summed E-state index contributed by atoms with van der Waals surface area (Å²) in [6, 6.07) is 20.4. The Morgan fingerprint density at radius 1 is 0.889 bits per heavy atom. The largest absolute Gasteiger partial charge is 0.483 e. The van der Waals surface area contributed by atoms with Crippen molar-refractivity contribution in [1.82, 2.24) is 31.1 Å². The molecular weight excluding hydrogens is 477 g/mol. The molecule has 1 heterocycles. The maximum atomic E-state index is 13.0. The first kappa shape index (κ1) is 24.4. The van der Waals surface area contributed by atoms with Crippen LogP contribution in [0.5, 0.6) is 5.75 Å². The van der Waals surface area contributed by atoms with E-state index in [0.29, 0.717) is 12.4 Å². The lowest BCUT2D eigenvalue weighted by Crippen LogP contribution is -2.43. The summed E-state index contributed by atoms with van der Waals surface area (Å²) in [5.41, 5.74) is 5.19. The van der Waals surface area contributed by atoms with Crippen molar-refractivity contribution in [2.24, 2.45) is 0 Å². The Morgan fingerprint density at radius 3 is 2.31 bits per heavy atom. The van der Waals surface area contributed by atoms with Crippen LogP contribution in [-0.2, 0) is 17.5 Å². The molecule has 4 aromatic rings. The minimum absolute atomic E-state index is 0.249. The molecule has 1 aromatic heterocycles. The van der Waals surface area contributed by atoms with Crippen LogP contribution in [-0.4, -0.2) is 38.6 Å². The summed E-state index contributed by atoms with van der Waals surface area (Å²) in [5, 5.41) is 12.4. The van der Waals surface area contributed by atoms with Crippen molar-refractivity contribution in [3.8, 4) is 17.1 Å². The summed E-state index contributed by atoms with van der Waals surface area (Å²) < 4.78 is 43.9. The highest BCUT2D eigenvalue weighted by molar-refractivity contribution is 5.95. The molecule has 0 aliphatic carbocycles.